The van der Waals surface area contributed by atoms with Gasteiger partial charge in [0.2, 0.25) is 0 Å². The molecule has 2 heterocycles. The lowest BCUT2D eigenvalue weighted by Crippen LogP contribution is -2.05. The van der Waals surface area contributed by atoms with E-state index in [0.29, 0.717) is 0 Å². The monoisotopic (exact) mass is 237 g/mol. The molecule has 0 aliphatic carbocycles. The number of fused-ring (bicyclic) bond motifs is 1. The topological polar surface area (TPSA) is 43.3 Å². The van der Waals surface area contributed by atoms with Crippen molar-refractivity contribution in [2.75, 3.05) is 0 Å². The summed E-state index contributed by atoms with van der Waals surface area (Å²) in [5.41, 5.74) is 9.11. The Kier molecular flexibility index (Phi) is 2.61. The summed E-state index contributed by atoms with van der Waals surface area (Å²) in [6.07, 6.45) is 2.02. The van der Waals surface area contributed by atoms with E-state index in [0.717, 1.165) is 22.6 Å². The Morgan fingerprint density at radius 1 is 1.06 bits per heavy atom. The molecule has 2 N–H and O–H groups in total. The molecule has 0 radical (unpaired) electrons. The van der Waals surface area contributed by atoms with Crippen LogP contribution in [-0.4, -0.2) is 9.38 Å². The van der Waals surface area contributed by atoms with Crippen molar-refractivity contribution in [1.29, 1.82) is 0 Å². The molecule has 2 aromatic heterocycles. The van der Waals surface area contributed by atoms with Crippen LogP contribution in [0.1, 0.15) is 18.7 Å². The molecule has 0 fully saturated rings. The maximum Gasteiger partial charge on any atom is 0.144 e. The van der Waals surface area contributed by atoms with Crippen molar-refractivity contribution in [3.8, 4) is 11.4 Å². The highest BCUT2D eigenvalue weighted by atomic mass is 15.0. The summed E-state index contributed by atoms with van der Waals surface area (Å²) in [5.74, 6) is 0.943. The van der Waals surface area contributed by atoms with Crippen molar-refractivity contribution in [2.45, 2.75) is 13.0 Å². The van der Waals surface area contributed by atoms with Crippen LogP contribution >= 0.6 is 0 Å². The van der Waals surface area contributed by atoms with E-state index in [1.165, 1.54) is 0 Å². The third-order valence-electron chi connectivity index (χ3n) is 3.04. The molecule has 0 amide bonds. The number of benzene rings is 1. The first-order valence-corrected chi connectivity index (χ1v) is 6.05. The number of nitrogens with zero attached hydrogens (tertiary/aromatic N) is 2. The molecule has 0 saturated carbocycles. The fourth-order valence-corrected chi connectivity index (χ4v) is 2.19. The third-order valence-corrected chi connectivity index (χ3v) is 3.04. The van der Waals surface area contributed by atoms with Crippen molar-refractivity contribution < 1.29 is 0 Å². The predicted octanol–water partition coefficient (Wildman–Crippen LogP) is 3.02. The van der Waals surface area contributed by atoms with Gasteiger partial charge in [-0.25, -0.2) is 4.98 Å². The first-order valence-electron chi connectivity index (χ1n) is 6.05. The van der Waals surface area contributed by atoms with Gasteiger partial charge in [-0.2, -0.15) is 0 Å². The molecule has 3 nitrogen and oxygen atoms in total. The highest BCUT2D eigenvalue weighted by molar-refractivity contribution is 5.65. The van der Waals surface area contributed by atoms with Gasteiger partial charge in [-0.05, 0) is 19.1 Å². The zero-order valence-corrected chi connectivity index (χ0v) is 10.2. The zero-order valence-electron chi connectivity index (χ0n) is 10.2. The zero-order chi connectivity index (χ0) is 12.5. The van der Waals surface area contributed by atoms with Gasteiger partial charge in [0.15, 0.2) is 0 Å². The van der Waals surface area contributed by atoms with Crippen LogP contribution in [0.2, 0.25) is 0 Å². The number of hydrogen-bond donors (Lipinski definition) is 1. The first-order chi connectivity index (χ1) is 8.77. The quantitative estimate of drug-likeness (QED) is 0.744. The Balaban J connectivity index is 2.31. The largest absolute Gasteiger partial charge is 0.323 e. The second-order valence-electron chi connectivity index (χ2n) is 4.43. The molecule has 0 bridgehead atoms. The molecule has 0 saturated heterocycles. The summed E-state index contributed by atoms with van der Waals surface area (Å²) < 4.78 is 2.09. The van der Waals surface area contributed by atoms with Crippen molar-refractivity contribution in [1.82, 2.24) is 9.38 Å². The summed E-state index contributed by atoms with van der Waals surface area (Å²) in [6.45, 7) is 1.96. The second-order valence-corrected chi connectivity index (χ2v) is 4.43. The summed E-state index contributed by atoms with van der Waals surface area (Å²) >= 11 is 0. The minimum absolute atomic E-state index is 0.0696. The molecule has 3 rings (SSSR count). The molecule has 0 aliphatic rings. The van der Waals surface area contributed by atoms with Gasteiger partial charge in [-0.15, -0.1) is 0 Å². The van der Waals surface area contributed by atoms with Gasteiger partial charge in [-0.3, -0.25) is 4.40 Å². The number of imidazole rings is 1. The summed E-state index contributed by atoms with van der Waals surface area (Å²) in [6, 6.07) is 16.2. The number of aromatic nitrogens is 2. The van der Waals surface area contributed by atoms with E-state index in [4.69, 9.17) is 10.7 Å². The standard InChI is InChI=1S/C15H15N3/c1-11(16)14-13-9-5-6-10-18(13)15(17-14)12-7-3-2-4-8-12/h2-11H,16H2,1H3. The first kappa shape index (κ1) is 11.0. The van der Waals surface area contributed by atoms with Crippen LogP contribution in [0, 0.1) is 0 Å². The van der Waals surface area contributed by atoms with E-state index >= 15 is 0 Å². The molecule has 90 valence electrons. The van der Waals surface area contributed by atoms with Crippen LogP contribution in [0.15, 0.2) is 54.7 Å². The number of nitrogens with two attached hydrogens (primary N) is 1. The van der Waals surface area contributed by atoms with Crippen molar-refractivity contribution >= 4 is 5.52 Å². The van der Waals surface area contributed by atoms with E-state index in [1.807, 2.05) is 43.5 Å². The van der Waals surface area contributed by atoms with E-state index in [2.05, 4.69) is 22.6 Å². The average molecular weight is 237 g/mol. The van der Waals surface area contributed by atoms with Gasteiger partial charge in [0.1, 0.15) is 5.82 Å². The number of rotatable bonds is 2. The highest BCUT2D eigenvalue weighted by Crippen LogP contribution is 2.25. The number of pyridine rings is 1. The van der Waals surface area contributed by atoms with E-state index in [1.54, 1.807) is 0 Å². The van der Waals surface area contributed by atoms with Crippen LogP contribution < -0.4 is 5.73 Å². The molecule has 1 unspecified atom stereocenters. The predicted molar refractivity (Wildman–Crippen MR) is 73.2 cm³/mol. The van der Waals surface area contributed by atoms with Gasteiger partial charge in [0, 0.05) is 17.8 Å². The molecule has 1 aromatic carbocycles. The highest BCUT2D eigenvalue weighted by Gasteiger charge is 2.14. The molecule has 3 heteroatoms. The SMILES string of the molecule is CC(N)c1nc(-c2ccccc2)n2ccccc12. The molecule has 0 aliphatic heterocycles. The second kappa shape index (κ2) is 4.27. The molecule has 18 heavy (non-hydrogen) atoms. The number of hydrogen-bond acceptors (Lipinski definition) is 2. The van der Waals surface area contributed by atoms with E-state index in [9.17, 15) is 0 Å². The van der Waals surface area contributed by atoms with Crippen molar-refractivity contribution in [3.63, 3.8) is 0 Å². The molecular weight excluding hydrogens is 222 g/mol. The van der Waals surface area contributed by atoms with Crippen LogP contribution in [0.5, 0.6) is 0 Å². The summed E-state index contributed by atoms with van der Waals surface area (Å²) in [7, 11) is 0. The average Bonchev–Trinajstić information content (AvgIpc) is 2.79. The maximum atomic E-state index is 6.00. The Labute approximate surface area is 106 Å². The van der Waals surface area contributed by atoms with Crippen molar-refractivity contribution in [2.24, 2.45) is 5.73 Å². The van der Waals surface area contributed by atoms with Gasteiger partial charge in [0.25, 0.3) is 0 Å². The Hall–Kier alpha value is -2.13. The Morgan fingerprint density at radius 3 is 2.50 bits per heavy atom. The minimum atomic E-state index is -0.0696. The molecule has 0 spiro atoms. The summed E-state index contributed by atoms with van der Waals surface area (Å²) in [5, 5.41) is 0. The van der Waals surface area contributed by atoms with Crippen LogP contribution in [0.25, 0.3) is 16.9 Å². The molecule has 3 aromatic rings. The van der Waals surface area contributed by atoms with Gasteiger partial charge < -0.3 is 5.73 Å². The van der Waals surface area contributed by atoms with Gasteiger partial charge in [0.05, 0.1) is 11.2 Å². The normalized spacial score (nSPS) is 12.8. The van der Waals surface area contributed by atoms with Crippen LogP contribution in [0.4, 0.5) is 0 Å². The third kappa shape index (κ3) is 1.69. The lowest BCUT2D eigenvalue weighted by Gasteiger charge is -2.01. The molecule has 1 atom stereocenters. The van der Waals surface area contributed by atoms with E-state index < -0.39 is 0 Å². The van der Waals surface area contributed by atoms with Gasteiger partial charge >= 0.3 is 0 Å². The van der Waals surface area contributed by atoms with Crippen LogP contribution in [0.3, 0.4) is 0 Å². The molecular formula is C15H15N3. The van der Waals surface area contributed by atoms with Crippen LogP contribution in [-0.2, 0) is 0 Å². The summed E-state index contributed by atoms with van der Waals surface area (Å²) in [4.78, 5) is 4.70. The minimum Gasteiger partial charge on any atom is -0.323 e. The maximum absolute atomic E-state index is 6.00. The fraction of sp³-hybridized carbons (Fsp3) is 0.133. The van der Waals surface area contributed by atoms with Gasteiger partial charge in [-0.1, -0.05) is 36.4 Å². The Bertz CT molecular complexity index is 669. The van der Waals surface area contributed by atoms with E-state index in [-0.39, 0.29) is 6.04 Å². The lowest BCUT2D eigenvalue weighted by molar-refractivity contribution is 0.797. The fourth-order valence-electron chi connectivity index (χ4n) is 2.19. The Morgan fingerprint density at radius 2 is 1.78 bits per heavy atom. The smallest absolute Gasteiger partial charge is 0.144 e. The van der Waals surface area contributed by atoms with Crippen molar-refractivity contribution in [3.05, 3.63) is 60.4 Å². The lowest BCUT2D eigenvalue weighted by atomic mass is 10.2.